The van der Waals surface area contributed by atoms with Crippen molar-refractivity contribution >= 4 is 23.6 Å². The van der Waals surface area contributed by atoms with Gasteiger partial charge in [0.25, 0.3) is 5.91 Å². The summed E-state index contributed by atoms with van der Waals surface area (Å²) in [7, 11) is 0. The van der Waals surface area contributed by atoms with Gasteiger partial charge in [-0.3, -0.25) is 9.59 Å². The molecule has 0 spiro atoms. The third kappa shape index (κ3) is 4.35. The number of thioether (sulfide) groups is 1. The van der Waals surface area contributed by atoms with Gasteiger partial charge in [0.2, 0.25) is 5.91 Å². The summed E-state index contributed by atoms with van der Waals surface area (Å²) in [5, 5.41) is 5.85. The van der Waals surface area contributed by atoms with E-state index in [9.17, 15) is 9.59 Å². The van der Waals surface area contributed by atoms with Crippen LogP contribution in [0.2, 0.25) is 0 Å². The highest BCUT2D eigenvalue weighted by atomic mass is 32.2. The van der Waals surface area contributed by atoms with Crippen LogP contribution in [0, 0.1) is 0 Å². The third-order valence-corrected chi connectivity index (χ3v) is 3.37. The summed E-state index contributed by atoms with van der Waals surface area (Å²) in [4.78, 5) is 27.7. The SMILES string of the molecule is CSc1ncccc1C(=O)NCC(=O)NCc1ccco1. The lowest BCUT2D eigenvalue weighted by Crippen LogP contribution is -2.36. The molecule has 0 saturated heterocycles. The molecule has 0 radical (unpaired) electrons. The zero-order valence-corrected chi connectivity index (χ0v) is 12.3. The van der Waals surface area contributed by atoms with Gasteiger partial charge in [-0.05, 0) is 30.5 Å². The summed E-state index contributed by atoms with van der Waals surface area (Å²) in [6, 6.07) is 6.87. The monoisotopic (exact) mass is 305 g/mol. The molecule has 2 N–H and O–H groups in total. The second-order valence-electron chi connectivity index (χ2n) is 4.10. The molecule has 0 atom stereocenters. The smallest absolute Gasteiger partial charge is 0.254 e. The van der Waals surface area contributed by atoms with Crippen molar-refractivity contribution in [1.82, 2.24) is 15.6 Å². The summed E-state index contributed by atoms with van der Waals surface area (Å²) in [5.41, 5.74) is 0.462. The van der Waals surface area contributed by atoms with Gasteiger partial charge in [-0.25, -0.2) is 4.98 Å². The molecule has 0 aliphatic rings. The molecule has 2 rings (SSSR count). The largest absolute Gasteiger partial charge is 0.467 e. The van der Waals surface area contributed by atoms with Crippen LogP contribution in [0.1, 0.15) is 16.1 Å². The van der Waals surface area contributed by atoms with Crippen LogP contribution in [0.5, 0.6) is 0 Å². The van der Waals surface area contributed by atoms with Crippen molar-refractivity contribution in [1.29, 1.82) is 0 Å². The first-order valence-corrected chi connectivity index (χ1v) is 7.49. The minimum Gasteiger partial charge on any atom is -0.467 e. The van der Waals surface area contributed by atoms with Crippen LogP contribution < -0.4 is 10.6 Å². The van der Waals surface area contributed by atoms with E-state index in [0.717, 1.165) is 0 Å². The molecule has 0 aliphatic carbocycles. The van der Waals surface area contributed by atoms with Crippen molar-refractivity contribution in [3.63, 3.8) is 0 Å². The molecule has 2 heterocycles. The number of rotatable bonds is 6. The first-order valence-electron chi connectivity index (χ1n) is 6.27. The molecule has 6 nitrogen and oxygen atoms in total. The van der Waals surface area contributed by atoms with Crippen LogP contribution in [-0.4, -0.2) is 29.6 Å². The Kier molecular flexibility index (Phi) is 5.39. The lowest BCUT2D eigenvalue weighted by atomic mass is 10.2. The van der Waals surface area contributed by atoms with Crippen molar-refractivity contribution in [2.24, 2.45) is 0 Å². The zero-order valence-electron chi connectivity index (χ0n) is 11.5. The van der Waals surface area contributed by atoms with Crippen molar-refractivity contribution in [3.8, 4) is 0 Å². The van der Waals surface area contributed by atoms with E-state index in [1.165, 1.54) is 18.0 Å². The molecule has 0 unspecified atom stereocenters. The van der Waals surface area contributed by atoms with Crippen LogP contribution in [0.25, 0.3) is 0 Å². The Balaban J connectivity index is 1.82. The number of hydrogen-bond donors (Lipinski definition) is 2. The molecule has 0 fully saturated rings. The summed E-state index contributed by atoms with van der Waals surface area (Å²) >= 11 is 1.38. The lowest BCUT2D eigenvalue weighted by molar-refractivity contribution is -0.120. The number of carbonyl (C=O) groups is 2. The van der Waals surface area contributed by atoms with Gasteiger partial charge in [-0.15, -0.1) is 11.8 Å². The summed E-state index contributed by atoms with van der Waals surface area (Å²) in [6.45, 7) is 0.201. The van der Waals surface area contributed by atoms with E-state index in [-0.39, 0.29) is 18.4 Å². The molecule has 2 aromatic heterocycles. The molecular weight excluding hydrogens is 290 g/mol. The molecule has 2 amide bonds. The van der Waals surface area contributed by atoms with E-state index in [4.69, 9.17) is 4.42 Å². The number of hydrogen-bond acceptors (Lipinski definition) is 5. The lowest BCUT2D eigenvalue weighted by Gasteiger charge is -2.08. The van der Waals surface area contributed by atoms with Crippen LogP contribution in [0.3, 0.4) is 0 Å². The number of carbonyl (C=O) groups excluding carboxylic acids is 2. The maximum atomic E-state index is 12.0. The molecule has 2 aromatic rings. The minimum atomic E-state index is -0.319. The fraction of sp³-hybridized carbons (Fsp3) is 0.214. The number of amides is 2. The van der Waals surface area contributed by atoms with Crippen LogP contribution in [-0.2, 0) is 11.3 Å². The normalized spacial score (nSPS) is 10.1. The predicted molar refractivity (Wildman–Crippen MR) is 78.9 cm³/mol. The van der Waals surface area contributed by atoms with Crippen LogP contribution in [0.4, 0.5) is 0 Å². The Morgan fingerprint density at radius 3 is 2.86 bits per heavy atom. The first kappa shape index (κ1) is 15.1. The van der Waals surface area contributed by atoms with Gasteiger partial charge in [0.1, 0.15) is 10.8 Å². The third-order valence-electron chi connectivity index (χ3n) is 2.66. The van der Waals surface area contributed by atoms with Crippen molar-refractivity contribution in [2.45, 2.75) is 11.6 Å². The van der Waals surface area contributed by atoms with Gasteiger partial charge >= 0.3 is 0 Å². The molecule has 0 saturated carbocycles. The van der Waals surface area contributed by atoms with E-state index in [2.05, 4.69) is 15.6 Å². The maximum Gasteiger partial charge on any atom is 0.254 e. The Hall–Kier alpha value is -2.28. The fourth-order valence-electron chi connectivity index (χ4n) is 1.64. The second-order valence-corrected chi connectivity index (χ2v) is 4.89. The maximum absolute atomic E-state index is 12.0. The highest BCUT2D eigenvalue weighted by Crippen LogP contribution is 2.16. The molecule has 7 heteroatoms. The average Bonchev–Trinajstić information content (AvgIpc) is 3.04. The highest BCUT2D eigenvalue weighted by molar-refractivity contribution is 7.98. The quantitative estimate of drug-likeness (QED) is 0.789. The van der Waals surface area contributed by atoms with E-state index in [1.54, 1.807) is 30.5 Å². The molecule has 0 aliphatic heterocycles. The second kappa shape index (κ2) is 7.49. The standard InChI is InChI=1S/C14H15N3O3S/c1-21-14-11(5-2-6-15-14)13(19)17-9-12(18)16-8-10-4-3-7-20-10/h2-7H,8-9H2,1H3,(H,16,18)(H,17,19). The topological polar surface area (TPSA) is 84.2 Å². The highest BCUT2D eigenvalue weighted by Gasteiger charge is 2.12. The number of nitrogens with zero attached hydrogens (tertiary/aromatic N) is 1. The molecule has 110 valence electrons. The van der Waals surface area contributed by atoms with Gasteiger partial charge < -0.3 is 15.1 Å². The minimum absolute atomic E-state index is 0.0950. The van der Waals surface area contributed by atoms with Gasteiger partial charge in [-0.2, -0.15) is 0 Å². The number of aromatic nitrogens is 1. The molecule has 0 bridgehead atoms. The Morgan fingerprint density at radius 1 is 1.29 bits per heavy atom. The van der Waals surface area contributed by atoms with Crippen molar-refractivity contribution in [2.75, 3.05) is 12.8 Å². The number of furan rings is 1. The molecule has 21 heavy (non-hydrogen) atoms. The van der Waals surface area contributed by atoms with Crippen molar-refractivity contribution < 1.29 is 14.0 Å². The fourth-order valence-corrected chi connectivity index (χ4v) is 2.19. The van der Waals surface area contributed by atoms with Gasteiger partial charge in [0.15, 0.2) is 0 Å². The van der Waals surface area contributed by atoms with Crippen molar-refractivity contribution in [3.05, 3.63) is 48.0 Å². The first-order chi connectivity index (χ1) is 10.2. The summed E-state index contributed by atoms with van der Waals surface area (Å²) in [6.07, 6.45) is 5.00. The van der Waals surface area contributed by atoms with Gasteiger partial charge in [0.05, 0.1) is 24.9 Å². The summed E-state index contributed by atoms with van der Waals surface area (Å²) in [5.74, 6) is 0.0570. The molecule has 0 aromatic carbocycles. The number of nitrogens with one attached hydrogen (secondary N) is 2. The van der Waals surface area contributed by atoms with Gasteiger partial charge in [-0.1, -0.05) is 0 Å². The zero-order chi connectivity index (χ0) is 15.1. The van der Waals surface area contributed by atoms with E-state index >= 15 is 0 Å². The van der Waals surface area contributed by atoms with Crippen LogP contribution >= 0.6 is 11.8 Å². The average molecular weight is 305 g/mol. The van der Waals surface area contributed by atoms with Crippen LogP contribution in [0.15, 0.2) is 46.2 Å². The predicted octanol–water partition coefficient (Wildman–Crippen LogP) is 1.44. The van der Waals surface area contributed by atoms with Gasteiger partial charge in [0, 0.05) is 6.20 Å². The molecular formula is C14H15N3O3S. The Labute approximate surface area is 126 Å². The van der Waals surface area contributed by atoms with E-state index in [1.807, 2.05) is 6.26 Å². The number of pyridine rings is 1. The van der Waals surface area contributed by atoms with E-state index < -0.39 is 0 Å². The summed E-state index contributed by atoms with van der Waals surface area (Å²) < 4.78 is 5.10. The Morgan fingerprint density at radius 2 is 2.14 bits per heavy atom. The van der Waals surface area contributed by atoms with E-state index in [0.29, 0.717) is 22.9 Å². The Bertz CT molecular complexity index is 614.